The monoisotopic (exact) mass is 223 g/mol. The van der Waals surface area contributed by atoms with Crippen molar-refractivity contribution in [2.45, 2.75) is 33.8 Å². The normalized spacial score (nSPS) is 24.1. The molecule has 3 heteroatoms. The van der Waals surface area contributed by atoms with Gasteiger partial charge in [0.25, 0.3) is 0 Å². The number of hydrogen-bond acceptors (Lipinski definition) is 2. The van der Waals surface area contributed by atoms with E-state index in [9.17, 15) is 9.50 Å². The van der Waals surface area contributed by atoms with Crippen LogP contribution >= 0.6 is 0 Å². The fourth-order valence-electron chi connectivity index (χ4n) is 2.82. The first-order valence-corrected chi connectivity index (χ1v) is 5.57. The number of hydrogen-bond donors (Lipinski definition) is 1. The molecule has 1 aromatic heterocycles. The van der Waals surface area contributed by atoms with Crippen LogP contribution in [0.2, 0.25) is 0 Å². The van der Waals surface area contributed by atoms with Gasteiger partial charge >= 0.3 is 0 Å². The summed E-state index contributed by atoms with van der Waals surface area (Å²) in [6, 6.07) is 1.36. The van der Waals surface area contributed by atoms with Crippen molar-refractivity contribution in [3.63, 3.8) is 0 Å². The zero-order chi connectivity index (χ0) is 12.1. The van der Waals surface area contributed by atoms with Gasteiger partial charge in [0.2, 0.25) is 0 Å². The molecule has 1 atom stereocenters. The molecule has 1 N–H and O–H groups in total. The third kappa shape index (κ3) is 1.46. The van der Waals surface area contributed by atoms with Gasteiger partial charge in [0.1, 0.15) is 5.82 Å². The minimum atomic E-state index is -0.631. The Bertz CT molecular complexity index is 400. The molecule has 0 aromatic carbocycles. The summed E-state index contributed by atoms with van der Waals surface area (Å²) < 4.78 is 13.0. The highest BCUT2D eigenvalue weighted by Gasteiger charge is 2.67. The van der Waals surface area contributed by atoms with Crippen LogP contribution in [0, 0.1) is 22.6 Å². The van der Waals surface area contributed by atoms with Crippen molar-refractivity contribution in [1.82, 2.24) is 4.98 Å². The minimum Gasteiger partial charge on any atom is -0.388 e. The molecule has 1 fully saturated rings. The number of pyridine rings is 1. The van der Waals surface area contributed by atoms with Gasteiger partial charge in [-0.3, -0.25) is 4.98 Å². The quantitative estimate of drug-likeness (QED) is 0.836. The van der Waals surface area contributed by atoms with E-state index in [1.165, 1.54) is 12.3 Å². The predicted molar refractivity (Wildman–Crippen MR) is 60.2 cm³/mol. The lowest BCUT2D eigenvalue weighted by Gasteiger charge is -2.12. The van der Waals surface area contributed by atoms with Crippen molar-refractivity contribution in [2.24, 2.45) is 16.7 Å². The highest BCUT2D eigenvalue weighted by Crippen LogP contribution is 2.72. The van der Waals surface area contributed by atoms with Crippen LogP contribution in [0.3, 0.4) is 0 Å². The molecule has 1 aromatic rings. The van der Waals surface area contributed by atoms with Crippen molar-refractivity contribution in [3.8, 4) is 0 Å². The lowest BCUT2D eigenvalue weighted by molar-refractivity contribution is 0.130. The Kier molecular flexibility index (Phi) is 2.35. The number of halogens is 1. The van der Waals surface area contributed by atoms with Gasteiger partial charge in [-0.25, -0.2) is 4.39 Å². The molecule has 0 spiro atoms. The molecule has 0 saturated heterocycles. The Labute approximate surface area is 95.5 Å². The van der Waals surface area contributed by atoms with E-state index in [-0.39, 0.29) is 16.7 Å². The first-order chi connectivity index (χ1) is 7.28. The van der Waals surface area contributed by atoms with Gasteiger partial charge in [0, 0.05) is 17.7 Å². The second kappa shape index (κ2) is 3.27. The second-order valence-corrected chi connectivity index (χ2v) is 5.80. The van der Waals surface area contributed by atoms with Crippen LogP contribution in [0.15, 0.2) is 18.5 Å². The van der Waals surface area contributed by atoms with Crippen LogP contribution in [0.5, 0.6) is 0 Å². The highest BCUT2D eigenvalue weighted by atomic mass is 19.1. The van der Waals surface area contributed by atoms with E-state index in [2.05, 4.69) is 32.7 Å². The number of rotatable bonds is 2. The van der Waals surface area contributed by atoms with Crippen molar-refractivity contribution < 1.29 is 9.50 Å². The van der Waals surface area contributed by atoms with E-state index >= 15 is 0 Å². The standard InChI is InChI=1S/C13H18FNO/c1-12(2)11(13(12,3)4)10(16)8-5-9(14)7-15-6-8/h5-7,10-11,16H,1-4H3. The van der Waals surface area contributed by atoms with Crippen molar-refractivity contribution >= 4 is 0 Å². The van der Waals surface area contributed by atoms with Crippen LogP contribution in [0.4, 0.5) is 4.39 Å². The maximum atomic E-state index is 13.0. The summed E-state index contributed by atoms with van der Waals surface area (Å²) in [5, 5.41) is 10.2. The minimum absolute atomic E-state index is 0.0821. The van der Waals surface area contributed by atoms with Crippen LogP contribution in [-0.2, 0) is 0 Å². The molecule has 1 aliphatic carbocycles. The lowest BCUT2D eigenvalue weighted by Crippen LogP contribution is -2.06. The topological polar surface area (TPSA) is 33.1 Å². The van der Waals surface area contributed by atoms with Crippen LogP contribution in [0.25, 0.3) is 0 Å². The number of aliphatic hydroxyl groups is 1. The predicted octanol–water partition coefficient (Wildman–Crippen LogP) is 2.94. The highest BCUT2D eigenvalue weighted by molar-refractivity contribution is 5.23. The molecule has 1 heterocycles. The molecule has 0 aliphatic heterocycles. The Morgan fingerprint density at radius 3 is 2.25 bits per heavy atom. The average Bonchev–Trinajstić information content (AvgIpc) is 2.56. The Balaban J connectivity index is 2.26. The number of aromatic nitrogens is 1. The van der Waals surface area contributed by atoms with Crippen molar-refractivity contribution in [2.75, 3.05) is 0 Å². The summed E-state index contributed by atoms with van der Waals surface area (Å²) in [7, 11) is 0. The fraction of sp³-hybridized carbons (Fsp3) is 0.615. The molecule has 0 bridgehead atoms. The van der Waals surface area contributed by atoms with Crippen LogP contribution in [-0.4, -0.2) is 10.1 Å². The van der Waals surface area contributed by atoms with Gasteiger partial charge in [0.15, 0.2) is 0 Å². The zero-order valence-corrected chi connectivity index (χ0v) is 10.2. The third-order valence-corrected chi connectivity index (χ3v) is 4.52. The second-order valence-electron chi connectivity index (χ2n) is 5.80. The Hall–Kier alpha value is -0.960. The van der Waals surface area contributed by atoms with E-state index in [1.54, 1.807) is 0 Å². The molecule has 0 radical (unpaired) electrons. The summed E-state index contributed by atoms with van der Waals surface area (Å²) in [4.78, 5) is 3.78. The maximum Gasteiger partial charge on any atom is 0.141 e. The number of aliphatic hydroxyl groups excluding tert-OH is 1. The third-order valence-electron chi connectivity index (χ3n) is 4.52. The summed E-state index contributed by atoms with van der Waals surface area (Å²) in [6.07, 6.45) is 2.06. The molecular formula is C13H18FNO. The summed E-state index contributed by atoms with van der Waals surface area (Å²) in [5.74, 6) is -0.239. The van der Waals surface area contributed by atoms with E-state index in [1.807, 2.05) is 0 Å². The smallest absolute Gasteiger partial charge is 0.141 e. The zero-order valence-electron chi connectivity index (χ0n) is 10.2. The van der Waals surface area contributed by atoms with Gasteiger partial charge in [-0.05, 0) is 16.9 Å². The molecule has 1 unspecified atom stereocenters. The molecule has 16 heavy (non-hydrogen) atoms. The average molecular weight is 223 g/mol. The summed E-state index contributed by atoms with van der Waals surface area (Å²) in [6.45, 7) is 8.53. The van der Waals surface area contributed by atoms with Gasteiger partial charge in [-0.15, -0.1) is 0 Å². The first-order valence-electron chi connectivity index (χ1n) is 5.57. The first kappa shape index (κ1) is 11.5. The molecule has 2 nitrogen and oxygen atoms in total. The van der Waals surface area contributed by atoms with Gasteiger partial charge in [-0.2, -0.15) is 0 Å². The van der Waals surface area contributed by atoms with E-state index in [4.69, 9.17) is 0 Å². The van der Waals surface area contributed by atoms with E-state index < -0.39 is 11.9 Å². The van der Waals surface area contributed by atoms with E-state index in [0.29, 0.717) is 5.56 Å². The van der Waals surface area contributed by atoms with Gasteiger partial charge in [0.05, 0.1) is 12.3 Å². The maximum absolute atomic E-state index is 13.0. The number of nitrogens with zero attached hydrogens (tertiary/aromatic N) is 1. The van der Waals surface area contributed by atoms with Gasteiger partial charge < -0.3 is 5.11 Å². The van der Waals surface area contributed by atoms with Crippen molar-refractivity contribution in [3.05, 3.63) is 29.8 Å². The van der Waals surface area contributed by atoms with E-state index in [0.717, 1.165) is 6.20 Å². The molecule has 2 rings (SSSR count). The largest absolute Gasteiger partial charge is 0.388 e. The van der Waals surface area contributed by atoms with Crippen LogP contribution < -0.4 is 0 Å². The SMILES string of the molecule is CC1(C)C(C(O)c2cncc(F)c2)C1(C)C. The Morgan fingerprint density at radius 2 is 1.81 bits per heavy atom. The molecule has 88 valence electrons. The summed E-state index contributed by atoms with van der Waals surface area (Å²) >= 11 is 0. The molecule has 1 saturated carbocycles. The van der Waals surface area contributed by atoms with Gasteiger partial charge in [-0.1, -0.05) is 27.7 Å². The van der Waals surface area contributed by atoms with Crippen molar-refractivity contribution in [1.29, 1.82) is 0 Å². The molecule has 1 aliphatic rings. The molecule has 0 amide bonds. The van der Waals surface area contributed by atoms with Crippen LogP contribution in [0.1, 0.15) is 39.4 Å². The lowest BCUT2D eigenvalue weighted by atomic mass is 10.0. The Morgan fingerprint density at radius 1 is 1.25 bits per heavy atom. The molecular weight excluding hydrogens is 205 g/mol. The fourth-order valence-corrected chi connectivity index (χ4v) is 2.82. The summed E-state index contributed by atoms with van der Waals surface area (Å²) in [5.41, 5.74) is 0.737.